The molecule has 0 rings (SSSR count). The highest BCUT2D eigenvalue weighted by atomic mass is 31.2. The Kier molecular flexibility index (Phi) is 9.25. The third-order valence-electron chi connectivity index (χ3n) is 2.56. The molecule has 16 heavy (non-hydrogen) atoms. The zero-order valence-corrected chi connectivity index (χ0v) is 11.8. The summed E-state index contributed by atoms with van der Waals surface area (Å²) in [5.41, 5.74) is 0. The molecule has 0 spiro atoms. The molecule has 0 radical (unpaired) electrons. The van der Waals surface area contributed by atoms with E-state index in [4.69, 9.17) is 4.52 Å². The Bertz CT molecular complexity index is 201. The van der Waals surface area contributed by atoms with E-state index in [9.17, 15) is 8.76 Å². The standard InChI is InChI=1S/C12H26FO2P/c1-4-7-9-12(10-8-5-2)15-16(13,14)11-6-3/h12H,4-11H2,1-3H3. The predicted molar refractivity (Wildman–Crippen MR) is 67.8 cm³/mol. The van der Waals surface area contributed by atoms with Crippen molar-refractivity contribution in [3.63, 3.8) is 0 Å². The van der Waals surface area contributed by atoms with E-state index in [-0.39, 0.29) is 12.3 Å². The van der Waals surface area contributed by atoms with Crippen LogP contribution in [0.1, 0.15) is 65.7 Å². The van der Waals surface area contributed by atoms with Crippen LogP contribution in [0.4, 0.5) is 4.20 Å². The quantitative estimate of drug-likeness (QED) is 0.491. The van der Waals surface area contributed by atoms with Crippen LogP contribution in [0.3, 0.4) is 0 Å². The van der Waals surface area contributed by atoms with Crippen molar-refractivity contribution in [3.05, 3.63) is 0 Å². The first-order chi connectivity index (χ1) is 7.55. The summed E-state index contributed by atoms with van der Waals surface area (Å²) in [4.78, 5) is 0. The van der Waals surface area contributed by atoms with Gasteiger partial charge in [-0.1, -0.05) is 46.5 Å². The maximum Gasteiger partial charge on any atom is 0.367 e. The third-order valence-corrected chi connectivity index (χ3v) is 4.15. The Balaban J connectivity index is 4.11. The second-order valence-corrected chi connectivity index (χ2v) is 6.16. The molecule has 0 heterocycles. The first kappa shape index (κ1) is 16.1. The van der Waals surface area contributed by atoms with Gasteiger partial charge in [-0.3, -0.25) is 4.57 Å². The molecule has 0 N–H and O–H groups in total. The smallest absolute Gasteiger partial charge is 0.302 e. The van der Waals surface area contributed by atoms with Gasteiger partial charge in [-0.2, -0.15) is 4.20 Å². The van der Waals surface area contributed by atoms with Crippen molar-refractivity contribution < 1.29 is 13.3 Å². The minimum atomic E-state index is -3.83. The van der Waals surface area contributed by atoms with Crippen LogP contribution in [0.5, 0.6) is 0 Å². The average molecular weight is 252 g/mol. The van der Waals surface area contributed by atoms with Crippen LogP contribution in [0.2, 0.25) is 0 Å². The van der Waals surface area contributed by atoms with Crippen LogP contribution in [-0.2, 0) is 9.09 Å². The highest BCUT2D eigenvalue weighted by Crippen LogP contribution is 2.51. The number of hydrogen-bond acceptors (Lipinski definition) is 2. The van der Waals surface area contributed by atoms with E-state index in [2.05, 4.69) is 13.8 Å². The topological polar surface area (TPSA) is 26.3 Å². The van der Waals surface area contributed by atoms with Crippen LogP contribution >= 0.6 is 7.68 Å². The molecule has 4 heteroatoms. The van der Waals surface area contributed by atoms with Crippen molar-refractivity contribution in [2.45, 2.75) is 71.8 Å². The van der Waals surface area contributed by atoms with Crippen molar-refractivity contribution >= 4 is 7.68 Å². The highest BCUT2D eigenvalue weighted by molar-refractivity contribution is 7.53. The summed E-state index contributed by atoms with van der Waals surface area (Å²) in [6, 6.07) is 0. The van der Waals surface area contributed by atoms with E-state index in [1.54, 1.807) is 0 Å². The van der Waals surface area contributed by atoms with Gasteiger partial charge in [0.15, 0.2) is 0 Å². The number of unbranched alkanes of at least 4 members (excludes halogenated alkanes) is 2. The fourth-order valence-corrected chi connectivity index (χ4v) is 2.95. The molecule has 2 nitrogen and oxygen atoms in total. The van der Waals surface area contributed by atoms with Gasteiger partial charge in [0, 0.05) is 0 Å². The first-order valence-electron chi connectivity index (χ1n) is 6.52. The van der Waals surface area contributed by atoms with Gasteiger partial charge in [-0.05, 0) is 19.3 Å². The summed E-state index contributed by atoms with van der Waals surface area (Å²) in [6.45, 7) is 6.01. The second kappa shape index (κ2) is 9.18. The molecule has 1 unspecified atom stereocenters. The van der Waals surface area contributed by atoms with E-state index in [0.717, 1.165) is 38.5 Å². The molecule has 0 amide bonds. The summed E-state index contributed by atoms with van der Waals surface area (Å²) in [6.07, 6.45) is 6.29. The molecule has 0 aromatic rings. The summed E-state index contributed by atoms with van der Waals surface area (Å²) in [5.74, 6) is 0. The SMILES string of the molecule is CCCCC(CCCC)OP(=O)(F)CCC. The van der Waals surface area contributed by atoms with E-state index in [1.165, 1.54) is 0 Å². The van der Waals surface area contributed by atoms with Gasteiger partial charge in [-0.25, -0.2) is 0 Å². The van der Waals surface area contributed by atoms with Crippen LogP contribution in [0.15, 0.2) is 0 Å². The molecule has 0 aliphatic carbocycles. The Morgan fingerprint density at radius 2 is 1.56 bits per heavy atom. The van der Waals surface area contributed by atoms with Crippen LogP contribution < -0.4 is 0 Å². The molecule has 0 aromatic heterocycles. The fourth-order valence-electron chi connectivity index (χ4n) is 1.66. The molecular formula is C12H26FO2P. The Labute approximate surface area is 99.5 Å². The van der Waals surface area contributed by atoms with Crippen LogP contribution in [0.25, 0.3) is 0 Å². The van der Waals surface area contributed by atoms with Gasteiger partial charge in [0.05, 0.1) is 12.3 Å². The maximum atomic E-state index is 13.5. The zero-order valence-electron chi connectivity index (χ0n) is 10.9. The van der Waals surface area contributed by atoms with E-state index in [1.807, 2.05) is 6.92 Å². The van der Waals surface area contributed by atoms with Gasteiger partial charge >= 0.3 is 7.68 Å². The fraction of sp³-hybridized carbons (Fsp3) is 1.00. The largest absolute Gasteiger partial charge is 0.367 e. The Hall–Kier alpha value is 0.120. The summed E-state index contributed by atoms with van der Waals surface area (Å²) < 4.78 is 30.2. The van der Waals surface area contributed by atoms with Gasteiger partial charge in [0.25, 0.3) is 0 Å². The summed E-state index contributed by atoms with van der Waals surface area (Å²) >= 11 is 0. The predicted octanol–water partition coefficient (Wildman–Crippen LogP) is 5.32. The second-order valence-electron chi connectivity index (χ2n) is 4.33. The van der Waals surface area contributed by atoms with Crippen molar-refractivity contribution in [1.29, 1.82) is 0 Å². The lowest BCUT2D eigenvalue weighted by atomic mass is 10.1. The number of rotatable bonds is 10. The van der Waals surface area contributed by atoms with Gasteiger partial charge < -0.3 is 4.52 Å². The number of hydrogen-bond donors (Lipinski definition) is 0. The molecule has 0 saturated carbocycles. The molecule has 98 valence electrons. The average Bonchev–Trinajstić information content (AvgIpc) is 2.21. The van der Waals surface area contributed by atoms with Crippen molar-refractivity contribution in [1.82, 2.24) is 0 Å². The molecule has 0 aliphatic rings. The van der Waals surface area contributed by atoms with Gasteiger partial charge in [0.2, 0.25) is 0 Å². The lowest BCUT2D eigenvalue weighted by molar-refractivity contribution is 0.163. The van der Waals surface area contributed by atoms with Crippen LogP contribution in [-0.4, -0.2) is 12.3 Å². The summed E-state index contributed by atoms with van der Waals surface area (Å²) in [5, 5.41) is 0. The molecule has 0 aliphatic heterocycles. The summed E-state index contributed by atoms with van der Waals surface area (Å²) in [7, 11) is -3.83. The monoisotopic (exact) mass is 252 g/mol. The third kappa shape index (κ3) is 8.29. The van der Waals surface area contributed by atoms with Crippen LogP contribution in [0, 0.1) is 0 Å². The number of halogens is 1. The van der Waals surface area contributed by atoms with E-state index < -0.39 is 7.68 Å². The Morgan fingerprint density at radius 1 is 1.06 bits per heavy atom. The maximum absolute atomic E-state index is 13.5. The minimum absolute atomic E-state index is 0.0573. The molecule has 0 aromatic carbocycles. The van der Waals surface area contributed by atoms with E-state index in [0.29, 0.717) is 6.42 Å². The molecule has 1 atom stereocenters. The zero-order chi connectivity index (χ0) is 12.4. The molecular weight excluding hydrogens is 226 g/mol. The van der Waals surface area contributed by atoms with Crippen molar-refractivity contribution in [3.8, 4) is 0 Å². The molecule has 0 saturated heterocycles. The Morgan fingerprint density at radius 3 is 1.94 bits per heavy atom. The highest BCUT2D eigenvalue weighted by Gasteiger charge is 2.25. The lowest BCUT2D eigenvalue weighted by Crippen LogP contribution is -2.11. The lowest BCUT2D eigenvalue weighted by Gasteiger charge is -2.19. The first-order valence-corrected chi connectivity index (χ1v) is 8.22. The normalized spacial score (nSPS) is 15.3. The molecule has 0 bridgehead atoms. The molecule has 0 fully saturated rings. The van der Waals surface area contributed by atoms with Gasteiger partial charge in [0.1, 0.15) is 0 Å². The van der Waals surface area contributed by atoms with Crippen molar-refractivity contribution in [2.24, 2.45) is 0 Å². The minimum Gasteiger partial charge on any atom is -0.302 e. The van der Waals surface area contributed by atoms with E-state index >= 15 is 0 Å². The van der Waals surface area contributed by atoms with Crippen molar-refractivity contribution in [2.75, 3.05) is 6.16 Å². The van der Waals surface area contributed by atoms with Gasteiger partial charge in [-0.15, -0.1) is 0 Å².